The van der Waals surface area contributed by atoms with Crippen molar-refractivity contribution in [2.75, 3.05) is 13.7 Å². The molecule has 0 saturated heterocycles. The smallest absolute Gasteiger partial charge is 0.159 e. The lowest BCUT2D eigenvalue weighted by Crippen LogP contribution is -2.50. The fraction of sp³-hybridized carbons (Fsp3) is 0.933. The third-order valence-corrected chi connectivity index (χ3v) is 11.2. The minimum absolute atomic E-state index is 0.0551. The third kappa shape index (κ3) is 4.73. The first-order chi connectivity index (χ1) is 15.7. The van der Waals surface area contributed by atoms with Crippen LogP contribution in [0.15, 0.2) is 11.6 Å². The van der Waals surface area contributed by atoms with Gasteiger partial charge in [-0.3, -0.25) is 0 Å². The average Bonchev–Trinajstić information content (AvgIpc) is 3.15. The lowest BCUT2D eigenvalue weighted by molar-refractivity contribution is -0.150. The molecule has 0 heterocycles. The topological polar surface area (TPSA) is 38.7 Å². The van der Waals surface area contributed by atoms with Crippen LogP contribution >= 0.6 is 0 Å². The van der Waals surface area contributed by atoms with Gasteiger partial charge in [0.1, 0.15) is 0 Å². The molecule has 3 saturated carbocycles. The van der Waals surface area contributed by atoms with Crippen LogP contribution in [-0.2, 0) is 9.47 Å². The predicted octanol–water partition coefficient (Wildman–Crippen LogP) is 7.38. The summed E-state index contributed by atoms with van der Waals surface area (Å²) in [6, 6.07) is 0. The summed E-state index contributed by atoms with van der Waals surface area (Å²) in [4.78, 5) is 0. The van der Waals surface area contributed by atoms with E-state index in [1.165, 1.54) is 57.8 Å². The number of hydrogen-bond acceptors (Lipinski definition) is 3. The van der Waals surface area contributed by atoms with Crippen LogP contribution in [0.2, 0.25) is 0 Å². The minimum atomic E-state index is -0.0955. The zero-order chi connectivity index (χ0) is 23.8. The highest BCUT2D eigenvalue weighted by molar-refractivity contribution is 5.25. The summed E-state index contributed by atoms with van der Waals surface area (Å²) in [5.74, 6) is 4.78. The first-order valence-electron chi connectivity index (χ1n) is 14.3. The first-order valence-corrected chi connectivity index (χ1v) is 14.3. The molecule has 3 nitrogen and oxygen atoms in total. The van der Waals surface area contributed by atoms with Crippen LogP contribution in [0.4, 0.5) is 0 Å². The van der Waals surface area contributed by atoms with Gasteiger partial charge in [0.2, 0.25) is 0 Å². The zero-order valence-electron chi connectivity index (χ0n) is 22.4. The molecule has 0 aromatic heterocycles. The summed E-state index contributed by atoms with van der Waals surface area (Å²) in [7, 11) is 1.77. The number of ether oxygens (including phenoxy) is 2. The molecule has 190 valence electrons. The van der Waals surface area contributed by atoms with Crippen molar-refractivity contribution in [3.8, 4) is 0 Å². The third-order valence-electron chi connectivity index (χ3n) is 11.2. The summed E-state index contributed by atoms with van der Waals surface area (Å²) in [5, 5.41) is 10.3. The summed E-state index contributed by atoms with van der Waals surface area (Å²) >= 11 is 0. The molecule has 2 unspecified atom stereocenters. The Kier molecular flexibility index (Phi) is 8.03. The molecule has 4 aliphatic carbocycles. The van der Waals surface area contributed by atoms with Crippen molar-refractivity contribution in [1.82, 2.24) is 0 Å². The van der Waals surface area contributed by atoms with Gasteiger partial charge in [-0.15, -0.1) is 0 Å². The number of aliphatic hydroxyl groups is 1. The van der Waals surface area contributed by atoms with Crippen molar-refractivity contribution in [2.24, 2.45) is 46.3 Å². The second-order valence-corrected chi connectivity index (χ2v) is 12.8. The molecule has 0 radical (unpaired) electrons. The number of hydrogen-bond donors (Lipinski definition) is 1. The van der Waals surface area contributed by atoms with Crippen molar-refractivity contribution in [1.29, 1.82) is 0 Å². The quantitative estimate of drug-likeness (QED) is 0.288. The van der Waals surface area contributed by atoms with Gasteiger partial charge in [0, 0.05) is 19.6 Å². The monoisotopic (exact) mass is 460 g/mol. The van der Waals surface area contributed by atoms with Gasteiger partial charge in [0.25, 0.3) is 0 Å². The molecule has 33 heavy (non-hydrogen) atoms. The van der Waals surface area contributed by atoms with Crippen LogP contribution < -0.4 is 0 Å². The van der Waals surface area contributed by atoms with E-state index >= 15 is 0 Å². The Morgan fingerprint density at radius 2 is 1.85 bits per heavy atom. The Morgan fingerprint density at radius 1 is 1.06 bits per heavy atom. The van der Waals surface area contributed by atoms with Gasteiger partial charge < -0.3 is 14.6 Å². The Bertz CT molecular complexity index is 688. The van der Waals surface area contributed by atoms with E-state index in [1.54, 1.807) is 12.7 Å². The molecule has 0 amide bonds. The van der Waals surface area contributed by atoms with E-state index in [0.717, 1.165) is 49.0 Å². The molecule has 0 aromatic carbocycles. The van der Waals surface area contributed by atoms with Crippen LogP contribution in [0.1, 0.15) is 105 Å². The first kappa shape index (κ1) is 25.7. The molecule has 0 aromatic rings. The van der Waals surface area contributed by atoms with Gasteiger partial charge in [-0.2, -0.15) is 0 Å². The van der Waals surface area contributed by atoms with Crippen molar-refractivity contribution < 1.29 is 14.6 Å². The summed E-state index contributed by atoms with van der Waals surface area (Å²) in [6.07, 6.45) is 16.4. The highest BCUT2D eigenvalue weighted by Gasteiger charge is 2.59. The Balaban J connectivity index is 1.37. The van der Waals surface area contributed by atoms with Gasteiger partial charge in [0.05, 0.1) is 6.10 Å². The molecular weight excluding hydrogens is 408 g/mol. The number of aliphatic hydroxyl groups excluding tert-OH is 1. The van der Waals surface area contributed by atoms with E-state index in [-0.39, 0.29) is 12.4 Å². The molecule has 1 N–H and O–H groups in total. The Labute approximate surface area is 204 Å². The fourth-order valence-corrected chi connectivity index (χ4v) is 9.34. The van der Waals surface area contributed by atoms with Crippen molar-refractivity contribution in [3.63, 3.8) is 0 Å². The Hall–Kier alpha value is -0.380. The van der Waals surface area contributed by atoms with Crippen LogP contribution in [0, 0.1) is 46.3 Å². The van der Waals surface area contributed by atoms with Gasteiger partial charge in [0.15, 0.2) is 6.29 Å². The molecular formula is C30H52O3. The molecule has 0 aliphatic heterocycles. The van der Waals surface area contributed by atoms with E-state index in [0.29, 0.717) is 16.7 Å². The van der Waals surface area contributed by atoms with Crippen molar-refractivity contribution in [2.45, 2.75) is 118 Å². The highest BCUT2D eigenvalue weighted by atomic mass is 16.7. The molecule has 0 spiro atoms. The van der Waals surface area contributed by atoms with Crippen LogP contribution in [0.25, 0.3) is 0 Å². The zero-order valence-corrected chi connectivity index (χ0v) is 22.4. The van der Waals surface area contributed by atoms with Crippen LogP contribution in [0.5, 0.6) is 0 Å². The molecule has 10 atom stereocenters. The SMILES string of the molecule is CCOC(OC)C(C)CCC[C@@H](C)[C@H]1CC[C@H]2[C@@H]3CC=C4C[C@@H](O)CC[C@]4(C)[C@H]3CC[C@]12C. The van der Waals surface area contributed by atoms with Gasteiger partial charge in [-0.1, -0.05) is 52.2 Å². The number of methoxy groups -OCH3 is 1. The van der Waals surface area contributed by atoms with Crippen LogP contribution in [-0.4, -0.2) is 31.2 Å². The van der Waals surface area contributed by atoms with E-state index in [4.69, 9.17) is 9.47 Å². The Morgan fingerprint density at radius 3 is 2.58 bits per heavy atom. The largest absolute Gasteiger partial charge is 0.393 e. The second-order valence-electron chi connectivity index (χ2n) is 12.8. The maximum absolute atomic E-state index is 10.3. The standard InChI is InChI=1S/C30H52O3/c1-7-33-28(32-6)21(3)10-8-9-20(2)25-13-14-26-24-12-11-22-19-23(31)15-17-29(22,4)27(24)16-18-30(25,26)5/h11,20-21,23-28,31H,7-10,12-19H2,1-6H3/t20-,21?,23+,24+,25-,26+,27+,28?,29+,30-/m1/s1. The van der Waals surface area contributed by atoms with Crippen molar-refractivity contribution >= 4 is 0 Å². The van der Waals surface area contributed by atoms with Crippen molar-refractivity contribution in [3.05, 3.63) is 11.6 Å². The number of rotatable bonds is 9. The van der Waals surface area contributed by atoms with Crippen LogP contribution in [0.3, 0.4) is 0 Å². The molecule has 3 fully saturated rings. The second kappa shape index (κ2) is 10.3. The maximum Gasteiger partial charge on any atom is 0.159 e. The molecule has 3 heteroatoms. The average molecular weight is 461 g/mol. The highest BCUT2D eigenvalue weighted by Crippen LogP contribution is 2.67. The number of allylic oxidation sites excluding steroid dienone is 1. The fourth-order valence-electron chi connectivity index (χ4n) is 9.34. The lowest BCUT2D eigenvalue weighted by Gasteiger charge is -2.58. The summed E-state index contributed by atoms with van der Waals surface area (Å²) in [6.45, 7) is 12.8. The van der Waals surface area contributed by atoms with E-state index in [9.17, 15) is 5.11 Å². The summed E-state index contributed by atoms with van der Waals surface area (Å²) < 4.78 is 11.3. The molecule has 4 rings (SSSR count). The van der Waals surface area contributed by atoms with Gasteiger partial charge in [-0.05, 0) is 105 Å². The molecule has 0 bridgehead atoms. The molecule has 4 aliphatic rings. The van der Waals surface area contributed by atoms with E-state index < -0.39 is 0 Å². The minimum Gasteiger partial charge on any atom is -0.393 e. The predicted molar refractivity (Wildman–Crippen MR) is 136 cm³/mol. The van der Waals surface area contributed by atoms with Gasteiger partial charge in [-0.25, -0.2) is 0 Å². The summed E-state index contributed by atoms with van der Waals surface area (Å²) in [5.41, 5.74) is 2.49. The maximum atomic E-state index is 10.3. The van der Waals surface area contributed by atoms with E-state index in [1.807, 2.05) is 6.92 Å². The normalized spacial score (nSPS) is 43.1. The van der Waals surface area contributed by atoms with E-state index in [2.05, 4.69) is 33.8 Å². The number of fused-ring (bicyclic) bond motifs is 5. The lowest BCUT2D eigenvalue weighted by atomic mass is 9.47. The van der Waals surface area contributed by atoms with Gasteiger partial charge >= 0.3 is 0 Å².